The lowest BCUT2D eigenvalue weighted by Gasteiger charge is -2.12. The highest BCUT2D eigenvalue weighted by molar-refractivity contribution is 7.99. The van der Waals surface area contributed by atoms with Gasteiger partial charge in [0.1, 0.15) is 17.0 Å². The Morgan fingerprint density at radius 3 is 2.50 bits per heavy atom. The summed E-state index contributed by atoms with van der Waals surface area (Å²) < 4.78 is 0. The summed E-state index contributed by atoms with van der Waals surface area (Å²) in [5.74, 6) is -0.114. The predicted octanol–water partition coefficient (Wildman–Crippen LogP) is 4.27. The molecule has 1 aromatic heterocycles. The summed E-state index contributed by atoms with van der Waals surface area (Å²) >= 11 is 13.3. The van der Waals surface area contributed by atoms with Crippen molar-refractivity contribution in [1.82, 2.24) is 15.4 Å². The summed E-state index contributed by atoms with van der Waals surface area (Å²) in [6, 6.07) is 14.0. The van der Waals surface area contributed by atoms with Crippen LogP contribution in [-0.4, -0.2) is 15.9 Å². The van der Waals surface area contributed by atoms with Crippen molar-refractivity contribution in [2.24, 2.45) is 0 Å². The SMILES string of the molecule is Nc1c(NNC(=O)c2ccccc2Cl)ncnc1Sc1ccc(Cl)cc1. The molecule has 9 heteroatoms. The number of benzene rings is 2. The standard InChI is InChI=1S/C17H13Cl2N5OS/c18-10-5-7-11(8-6-10)26-17-14(20)15(21-9-22-17)23-24-16(25)12-3-1-2-4-13(12)19/h1-9H,20H2,(H,24,25)(H,21,22,23). The molecule has 6 nitrogen and oxygen atoms in total. The van der Waals surface area contributed by atoms with E-state index in [2.05, 4.69) is 20.8 Å². The molecule has 0 saturated heterocycles. The summed E-state index contributed by atoms with van der Waals surface area (Å²) in [6.45, 7) is 0. The number of nitrogens with zero attached hydrogens (tertiary/aromatic N) is 2. The lowest BCUT2D eigenvalue weighted by atomic mass is 10.2. The van der Waals surface area contributed by atoms with Gasteiger partial charge in [-0.2, -0.15) is 0 Å². The number of hydrogen-bond acceptors (Lipinski definition) is 6. The predicted molar refractivity (Wildman–Crippen MR) is 105 cm³/mol. The number of carbonyl (C=O) groups excluding carboxylic acids is 1. The van der Waals surface area contributed by atoms with E-state index >= 15 is 0 Å². The Hall–Kier alpha value is -2.48. The topological polar surface area (TPSA) is 92.9 Å². The van der Waals surface area contributed by atoms with E-state index in [4.69, 9.17) is 28.9 Å². The fourth-order valence-electron chi connectivity index (χ4n) is 2.00. The average Bonchev–Trinajstić information content (AvgIpc) is 2.64. The van der Waals surface area contributed by atoms with E-state index in [-0.39, 0.29) is 5.82 Å². The number of amides is 1. The zero-order chi connectivity index (χ0) is 18.5. The van der Waals surface area contributed by atoms with Crippen LogP contribution in [0.15, 0.2) is 64.8 Å². The average molecular weight is 406 g/mol. The van der Waals surface area contributed by atoms with E-state index in [1.807, 2.05) is 12.1 Å². The van der Waals surface area contributed by atoms with Crippen molar-refractivity contribution in [2.45, 2.75) is 9.92 Å². The Labute approximate surface area is 164 Å². The Bertz CT molecular complexity index is 937. The second-order valence-electron chi connectivity index (χ2n) is 5.06. The number of hydrazine groups is 1. The van der Waals surface area contributed by atoms with Crippen LogP contribution in [0.3, 0.4) is 0 Å². The van der Waals surface area contributed by atoms with Gasteiger partial charge in [0, 0.05) is 9.92 Å². The zero-order valence-electron chi connectivity index (χ0n) is 13.2. The third-order valence-electron chi connectivity index (χ3n) is 3.29. The second kappa shape index (κ2) is 8.27. The van der Waals surface area contributed by atoms with E-state index in [1.54, 1.807) is 36.4 Å². The van der Waals surface area contributed by atoms with Crippen molar-refractivity contribution in [2.75, 3.05) is 11.2 Å². The van der Waals surface area contributed by atoms with Gasteiger partial charge < -0.3 is 5.73 Å². The Balaban J connectivity index is 1.72. The first-order chi connectivity index (χ1) is 12.5. The van der Waals surface area contributed by atoms with Crippen molar-refractivity contribution >= 4 is 52.4 Å². The molecule has 3 aromatic rings. The maximum absolute atomic E-state index is 12.2. The normalized spacial score (nSPS) is 10.4. The van der Waals surface area contributed by atoms with Gasteiger partial charge >= 0.3 is 0 Å². The van der Waals surface area contributed by atoms with Crippen LogP contribution in [0.4, 0.5) is 11.5 Å². The zero-order valence-corrected chi connectivity index (χ0v) is 15.6. The van der Waals surface area contributed by atoms with Gasteiger partial charge in [-0.3, -0.25) is 15.6 Å². The van der Waals surface area contributed by atoms with Crippen molar-refractivity contribution in [3.63, 3.8) is 0 Å². The highest BCUT2D eigenvalue weighted by Crippen LogP contribution is 2.33. The molecule has 1 heterocycles. The number of rotatable bonds is 5. The molecule has 0 spiro atoms. The molecule has 0 fully saturated rings. The van der Waals surface area contributed by atoms with Crippen LogP contribution in [-0.2, 0) is 0 Å². The minimum absolute atomic E-state index is 0.289. The van der Waals surface area contributed by atoms with E-state index in [9.17, 15) is 4.79 Å². The molecule has 132 valence electrons. The van der Waals surface area contributed by atoms with Gasteiger partial charge in [0.15, 0.2) is 5.82 Å². The number of nitrogen functional groups attached to an aromatic ring is 1. The first-order valence-corrected chi connectivity index (χ1v) is 8.96. The summed E-state index contributed by atoms with van der Waals surface area (Å²) in [5, 5.41) is 1.55. The monoisotopic (exact) mass is 405 g/mol. The molecule has 0 unspecified atom stereocenters. The molecule has 0 aliphatic heterocycles. The highest BCUT2D eigenvalue weighted by atomic mass is 35.5. The summed E-state index contributed by atoms with van der Waals surface area (Å²) in [5.41, 5.74) is 12.0. The van der Waals surface area contributed by atoms with Crippen LogP contribution in [0.2, 0.25) is 10.0 Å². The van der Waals surface area contributed by atoms with E-state index in [0.717, 1.165) is 4.90 Å². The molecular weight excluding hydrogens is 393 g/mol. The first kappa shape index (κ1) is 18.3. The van der Waals surface area contributed by atoms with Gasteiger partial charge in [-0.15, -0.1) is 0 Å². The van der Waals surface area contributed by atoms with Crippen LogP contribution in [0.5, 0.6) is 0 Å². The molecule has 0 radical (unpaired) electrons. The van der Waals surface area contributed by atoms with E-state index in [0.29, 0.717) is 26.3 Å². The maximum Gasteiger partial charge on any atom is 0.271 e. The summed E-state index contributed by atoms with van der Waals surface area (Å²) in [7, 11) is 0. The summed E-state index contributed by atoms with van der Waals surface area (Å²) in [6.07, 6.45) is 1.36. The van der Waals surface area contributed by atoms with Gasteiger partial charge in [-0.1, -0.05) is 47.1 Å². The van der Waals surface area contributed by atoms with Gasteiger partial charge in [0.05, 0.1) is 10.6 Å². The molecule has 0 bridgehead atoms. The maximum atomic E-state index is 12.2. The number of carbonyl (C=O) groups is 1. The fraction of sp³-hybridized carbons (Fsp3) is 0. The molecule has 0 aliphatic rings. The van der Waals surface area contributed by atoms with Gasteiger partial charge in [0.2, 0.25) is 0 Å². The van der Waals surface area contributed by atoms with Crippen LogP contribution in [0, 0.1) is 0 Å². The number of hydrogen-bond donors (Lipinski definition) is 3. The lowest BCUT2D eigenvalue weighted by molar-refractivity contribution is 0.0962. The van der Waals surface area contributed by atoms with Crippen molar-refractivity contribution < 1.29 is 4.79 Å². The number of nitrogens with one attached hydrogen (secondary N) is 2. The largest absolute Gasteiger partial charge is 0.393 e. The molecule has 1 amide bonds. The smallest absolute Gasteiger partial charge is 0.271 e. The molecule has 0 aliphatic carbocycles. The molecule has 2 aromatic carbocycles. The van der Waals surface area contributed by atoms with Crippen LogP contribution < -0.4 is 16.6 Å². The van der Waals surface area contributed by atoms with Crippen LogP contribution in [0.1, 0.15) is 10.4 Å². The van der Waals surface area contributed by atoms with Gasteiger partial charge in [-0.25, -0.2) is 9.97 Å². The summed E-state index contributed by atoms with van der Waals surface area (Å²) in [4.78, 5) is 21.3. The highest BCUT2D eigenvalue weighted by Gasteiger charge is 2.13. The molecule has 4 N–H and O–H groups in total. The Kier molecular flexibility index (Phi) is 5.82. The first-order valence-electron chi connectivity index (χ1n) is 7.39. The number of anilines is 2. The van der Waals surface area contributed by atoms with Crippen molar-refractivity contribution in [3.05, 3.63) is 70.5 Å². The number of halogens is 2. The third-order valence-corrected chi connectivity index (χ3v) is 4.90. The Morgan fingerprint density at radius 2 is 1.77 bits per heavy atom. The molecular formula is C17H13Cl2N5OS. The fourth-order valence-corrected chi connectivity index (χ4v) is 3.15. The van der Waals surface area contributed by atoms with Gasteiger partial charge in [-0.05, 0) is 36.4 Å². The van der Waals surface area contributed by atoms with Crippen molar-refractivity contribution in [3.8, 4) is 0 Å². The quantitative estimate of drug-likeness (QED) is 0.433. The van der Waals surface area contributed by atoms with Crippen molar-refractivity contribution in [1.29, 1.82) is 0 Å². The molecule has 0 saturated carbocycles. The molecule has 0 atom stereocenters. The minimum atomic E-state index is -0.402. The second-order valence-corrected chi connectivity index (χ2v) is 6.96. The number of nitrogens with two attached hydrogens (primary N) is 1. The van der Waals surface area contributed by atoms with E-state index < -0.39 is 5.91 Å². The Morgan fingerprint density at radius 1 is 1.04 bits per heavy atom. The molecule has 3 rings (SSSR count). The third kappa shape index (κ3) is 4.37. The number of aromatic nitrogens is 2. The lowest BCUT2D eigenvalue weighted by Crippen LogP contribution is -2.30. The van der Waals surface area contributed by atoms with E-state index in [1.165, 1.54) is 18.1 Å². The van der Waals surface area contributed by atoms with Crippen LogP contribution >= 0.6 is 35.0 Å². The van der Waals surface area contributed by atoms with Crippen LogP contribution in [0.25, 0.3) is 0 Å². The minimum Gasteiger partial charge on any atom is -0.393 e. The molecule has 26 heavy (non-hydrogen) atoms. The van der Waals surface area contributed by atoms with Gasteiger partial charge in [0.25, 0.3) is 5.91 Å².